The van der Waals surface area contributed by atoms with Gasteiger partial charge in [0.1, 0.15) is 12.4 Å². The number of hydrogen-bond acceptors (Lipinski definition) is 5. The van der Waals surface area contributed by atoms with Crippen LogP contribution in [0.3, 0.4) is 0 Å². The predicted molar refractivity (Wildman–Crippen MR) is 123 cm³/mol. The standard InChI is InChI=1S/C24H16BrClFNO4/c1-30-21-12-14(10-17(25)22(21)31-13-15-6-2-5-9-19(15)27)11-20-24(29)32-23(28-20)16-7-3-4-8-18(16)26/h2-12H,13H2,1H3/b20-11-. The number of halogens is 3. The third-order valence-electron chi connectivity index (χ3n) is 4.61. The Labute approximate surface area is 197 Å². The highest BCUT2D eigenvalue weighted by atomic mass is 79.9. The van der Waals surface area contributed by atoms with Crippen LogP contribution in [-0.4, -0.2) is 19.0 Å². The summed E-state index contributed by atoms with van der Waals surface area (Å²) in [6, 6.07) is 16.8. The van der Waals surface area contributed by atoms with Gasteiger partial charge in [0.15, 0.2) is 17.2 Å². The SMILES string of the molecule is COc1cc(/C=C2\N=C(c3ccccc3Cl)OC2=O)cc(Br)c1OCc1ccccc1F. The summed E-state index contributed by atoms with van der Waals surface area (Å²) >= 11 is 9.63. The van der Waals surface area contributed by atoms with E-state index in [2.05, 4.69) is 20.9 Å². The third-order valence-corrected chi connectivity index (χ3v) is 5.53. The number of methoxy groups -OCH3 is 1. The van der Waals surface area contributed by atoms with Gasteiger partial charge < -0.3 is 14.2 Å². The van der Waals surface area contributed by atoms with E-state index in [1.54, 1.807) is 60.7 Å². The molecule has 1 aliphatic heterocycles. The second-order valence-corrected chi connectivity index (χ2v) is 7.99. The van der Waals surface area contributed by atoms with Crippen molar-refractivity contribution < 1.29 is 23.4 Å². The van der Waals surface area contributed by atoms with Crippen molar-refractivity contribution in [3.63, 3.8) is 0 Å². The second kappa shape index (κ2) is 9.54. The second-order valence-electron chi connectivity index (χ2n) is 6.73. The first-order valence-corrected chi connectivity index (χ1v) is 10.6. The average Bonchev–Trinajstić information content (AvgIpc) is 3.14. The van der Waals surface area contributed by atoms with E-state index in [0.29, 0.717) is 37.7 Å². The Hall–Kier alpha value is -3.16. The highest BCUT2D eigenvalue weighted by Gasteiger charge is 2.25. The molecule has 0 unspecified atom stereocenters. The zero-order chi connectivity index (χ0) is 22.7. The van der Waals surface area contributed by atoms with Crippen LogP contribution in [0.5, 0.6) is 11.5 Å². The molecule has 4 rings (SSSR count). The van der Waals surface area contributed by atoms with Crippen LogP contribution < -0.4 is 9.47 Å². The van der Waals surface area contributed by atoms with Gasteiger partial charge in [0.05, 0.1) is 22.2 Å². The van der Waals surface area contributed by atoms with Gasteiger partial charge in [-0.2, -0.15) is 0 Å². The molecule has 0 fully saturated rings. The summed E-state index contributed by atoms with van der Waals surface area (Å²) in [7, 11) is 1.49. The number of benzene rings is 3. The summed E-state index contributed by atoms with van der Waals surface area (Å²) in [5, 5.41) is 0.432. The van der Waals surface area contributed by atoms with E-state index in [1.807, 2.05) is 0 Å². The zero-order valence-corrected chi connectivity index (χ0v) is 19.1. The topological polar surface area (TPSA) is 57.1 Å². The van der Waals surface area contributed by atoms with Crippen molar-refractivity contribution in [2.45, 2.75) is 6.61 Å². The Balaban J connectivity index is 1.61. The summed E-state index contributed by atoms with van der Waals surface area (Å²) in [5.41, 5.74) is 1.70. The minimum Gasteiger partial charge on any atom is -0.493 e. The van der Waals surface area contributed by atoms with E-state index >= 15 is 0 Å². The Kier molecular flexibility index (Phi) is 6.58. The van der Waals surface area contributed by atoms with Crippen LogP contribution >= 0.6 is 27.5 Å². The van der Waals surface area contributed by atoms with Crippen LogP contribution in [0.2, 0.25) is 5.02 Å². The van der Waals surface area contributed by atoms with Crippen molar-refractivity contribution in [1.82, 2.24) is 0 Å². The molecule has 3 aromatic carbocycles. The fourth-order valence-electron chi connectivity index (χ4n) is 3.05. The van der Waals surface area contributed by atoms with Gasteiger partial charge in [-0.25, -0.2) is 14.2 Å². The summed E-state index contributed by atoms with van der Waals surface area (Å²) in [5.74, 6) is 0.0184. The van der Waals surface area contributed by atoms with Crippen molar-refractivity contribution in [2.75, 3.05) is 7.11 Å². The number of aliphatic imine (C=N–C) groups is 1. The summed E-state index contributed by atoms with van der Waals surface area (Å²) < 4.78 is 31.0. The van der Waals surface area contributed by atoms with Crippen LogP contribution in [0.25, 0.3) is 6.08 Å². The molecule has 1 heterocycles. The van der Waals surface area contributed by atoms with Crippen LogP contribution in [0.15, 0.2) is 75.8 Å². The van der Waals surface area contributed by atoms with E-state index in [9.17, 15) is 9.18 Å². The fourth-order valence-corrected chi connectivity index (χ4v) is 3.84. The maximum absolute atomic E-state index is 13.9. The Morgan fingerprint density at radius 1 is 1.16 bits per heavy atom. The minimum absolute atomic E-state index is 0.0277. The smallest absolute Gasteiger partial charge is 0.363 e. The summed E-state index contributed by atoms with van der Waals surface area (Å²) in [6.07, 6.45) is 1.57. The lowest BCUT2D eigenvalue weighted by Gasteiger charge is -2.14. The van der Waals surface area contributed by atoms with Crippen molar-refractivity contribution in [3.05, 3.63) is 98.4 Å². The molecule has 0 saturated carbocycles. The van der Waals surface area contributed by atoms with Crippen LogP contribution in [-0.2, 0) is 16.1 Å². The van der Waals surface area contributed by atoms with Gasteiger partial charge >= 0.3 is 5.97 Å². The van der Waals surface area contributed by atoms with Gasteiger partial charge in [-0.05, 0) is 57.9 Å². The molecule has 0 aromatic heterocycles. The number of esters is 1. The lowest BCUT2D eigenvalue weighted by atomic mass is 10.1. The summed E-state index contributed by atoms with van der Waals surface area (Å²) in [6.45, 7) is 0.0277. The van der Waals surface area contributed by atoms with Gasteiger partial charge in [-0.15, -0.1) is 0 Å². The van der Waals surface area contributed by atoms with E-state index in [-0.39, 0.29) is 24.0 Å². The number of carbonyl (C=O) groups excluding carboxylic acids is 1. The Morgan fingerprint density at radius 2 is 1.91 bits per heavy atom. The molecule has 0 radical (unpaired) electrons. The molecular formula is C24H16BrClFNO4. The Morgan fingerprint density at radius 3 is 2.66 bits per heavy atom. The van der Waals surface area contributed by atoms with Gasteiger partial charge in [0, 0.05) is 5.56 Å². The van der Waals surface area contributed by atoms with Gasteiger partial charge in [-0.1, -0.05) is 41.9 Å². The molecule has 0 spiro atoms. The number of ether oxygens (including phenoxy) is 3. The quantitative estimate of drug-likeness (QED) is 0.290. The maximum Gasteiger partial charge on any atom is 0.363 e. The number of cyclic esters (lactones) is 1. The van der Waals surface area contributed by atoms with E-state index in [1.165, 1.54) is 13.2 Å². The van der Waals surface area contributed by atoms with Gasteiger partial charge in [0.25, 0.3) is 0 Å². The molecule has 0 bridgehead atoms. The van der Waals surface area contributed by atoms with E-state index in [0.717, 1.165) is 0 Å². The first-order chi connectivity index (χ1) is 15.5. The maximum atomic E-state index is 13.9. The van der Waals surface area contributed by atoms with Gasteiger partial charge in [-0.3, -0.25) is 0 Å². The molecule has 0 atom stereocenters. The number of hydrogen-bond donors (Lipinski definition) is 0. The normalized spacial score (nSPS) is 14.3. The third kappa shape index (κ3) is 4.69. The van der Waals surface area contributed by atoms with Gasteiger partial charge in [0.2, 0.25) is 5.90 Å². The molecule has 1 aliphatic rings. The highest BCUT2D eigenvalue weighted by molar-refractivity contribution is 9.10. The van der Waals surface area contributed by atoms with E-state index in [4.69, 9.17) is 25.8 Å². The van der Waals surface area contributed by atoms with Crippen molar-refractivity contribution >= 4 is 45.5 Å². The molecule has 32 heavy (non-hydrogen) atoms. The number of nitrogens with zero attached hydrogens (tertiary/aromatic N) is 1. The van der Waals surface area contributed by atoms with Crippen LogP contribution in [0, 0.1) is 5.82 Å². The number of carbonyl (C=O) groups is 1. The molecular weight excluding hydrogens is 501 g/mol. The van der Waals surface area contributed by atoms with Crippen LogP contribution in [0.4, 0.5) is 4.39 Å². The van der Waals surface area contributed by atoms with Crippen molar-refractivity contribution in [1.29, 1.82) is 0 Å². The van der Waals surface area contributed by atoms with E-state index < -0.39 is 5.97 Å². The molecule has 0 N–H and O–H groups in total. The summed E-state index contributed by atoms with van der Waals surface area (Å²) in [4.78, 5) is 16.6. The predicted octanol–water partition coefficient (Wildman–Crippen LogP) is 6.17. The molecule has 8 heteroatoms. The van der Waals surface area contributed by atoms with Crippen LogP contribution in [0.1, 0.15) is 16.7 Å². The zero-order valence-electron chi connectivity index (χ0n) is 16.8. The molecule has 0 amide bonds. The molecule has 162 valence electrons. The monoisotopic (exact) mass is 515 g/mol. The lowest BCUT2D eigenvalue weighted by molar-refractivity contribution is -0.129. The molecule has 0 saturated heterocycles. The lowest BCUT2D eigenvalue weighted by Crippen LogP contribution is -2.05. The highest BCUT2D eigenvalue weighted by Crippen LogP contribution is 2.38. The first-order valence-electron chi connectivity index (χ1n) is 9.47. The fraction of sp³-hybridized carbons (Fsp3) is 0.0833. The average molecular weight is 517 g/mol. The largest absolute Gasteiger partial charge is 0.493 e. The minimum atomic E-state index is -0.588. The molecule has 5 nitrogen and oxygen atoms in total. The Bertz CT molecular complexity index is 1260. The van der Waals surface area contributed by atoms with Crippen molar-refractivity contribution in [2.24, 2.45) is 4.99 Å². The molecule has 0 aliphatic carbocycles. The number of rotatable bonds is 6. The first kappa shape index (κ1) is 22.0. The van der Waals surface area contributed by atoms with Crippen molar-refractivity contribution in [3.8, 4) is 11.5 Å². The molecule has 3 aromatic rings.